The van der Waals surface area contributed by atoms with Gasteiger partial charge >= 0.3 is 6.15 Å². The SMILES string of the molecule is Cc1ccc2c(c1)CC(Br)=C2C1CCCCC1.O=C=O. The zero-order chi connectivity index (χ0) is 14.5. The van der Waals surface area contributed by atoms with Gasteiger partial charge in [0, 0.05) is 10.9 Å². The predicted octanol–water partition coefficient (Wildman–Crippen LogP) is 4.65. The van der Waals surface area contributed by atoms with E-state index in [4.69, 9.17) is 9.59 Å². The summed E-state index contributed by atoms with van der Waals surface area (Å²) in [6.45, 7) is 2.19. The van der Waals surface area contributed by atoms with Crippen LogP contribution in [0.15, 0.2) is 22.7 Å². The third-order valence-electron chi connectivity index (χ3n) is 4.20. The number of allylic oxidation sites excluding steroid dienone is 2. The molecule has 0 aromatic heterocycles. The van der Waals surface area contributed by atoms with Crippen LogP contribution in [0, 0.1) is 12.8 Å². The van der Waals surface area contributed by atoms with E-state index in [2.05, 4.69) is 41.1 Å². The Morgan fingerprint density at radius 3 is 2.45 bits per heavy atom. The first-order valence-corrected chi connectivity index (χ1v) is 7.94. The van der Waals surface area contributed by atoms with Gasteiger partial charge in [0.1, 0.15) is 0 Å². The van der Waals surface area contributed by atoms with Crippen LogP contribution in [-0.4, -0.2) is 6.15 Å². The van der Waals surface area contributed by atoms with E-state index in [0.29, 0.717) is 0 Å². The molecule has 0 atom stereocenters. The van der Waals surface area contributed by atoms with E-state index >= 15 is 0 Å². The molecule has 20 heavy (non-hydrogen) atoms. The Morgan fingerprint density at radius 1 is 1.15 bits per heavy atom. The van der Waals surface area contributed by atoms with Crippen LogP contribution in [0.1, 0.15) is 48.8 Å². The van der Waals surface area contributed by atoms with Crippen LogP contribution in [0.5, 0.6) is 0 Å². The Labute approximate surface area is 128 Å². The molecule has 2 nitrogen and oxygen atoms in total. The molecule has 0 aliphatic heterocycles. The second kappa shape index (κ2) is 7.01. The minimum atomic E-state index is 0.250. The molecule has 3 heteroatoms. The predicted molar refractivity (Wildman–Crippen MR) is 82.3 cm³/mol. The first-order chi connectivity index (χ1) is 9.67. The molecular weight excluding hydrogens is 316 g/mol. The van der Waals surface area contributed by atoms with Gasteiger partial charge in [-0.2, -0.15) is 9.59 Å². The lowest BCUT2D eigenvalue weighted by Gasteiger charge is -2.24. The van der Waals surface area contributed by atoms with E-state index in [-0.39, 0.29) is 6.15 Å². The summed E-state index contributed by atoms with van der Waals surface area (Å²) in [6.07, 6.45) is 8.39. The van der Waals surface area contributed by atoms with E-state index in [1.807, 2.05) is 0 Å². The summed E-state index contributed by atoms with van der Waals surface area (Å²) in [5, 5.41) is 0. The lowest BCUT2D eigenvalue weighted by Crippen LogP contribution is -2.08. The number of halogens is 1. The lowest BCUT2D eigenvalue weighted by molar-refractivity contribution is -0.191. The average Bonchev–Trinajstić information content (AvgIpc) is 2.75. The summed E-state index contributed by atoms with van der Waals surface area (Å²) in [5.41, 5.74) is 6.06. The van der Waals surface area contributed by atoms with Gasteiger partial charge < -0.3 is 0 Å². The third-order valence-corrected chi connectivity index (χ3v) is 4.91. The van der Waals surface area contributed by atoms with Crippen LogP contribution >= 0.6 is 15.9 Å². The van der Waals surface area contributed by atoms with Crippen LogP contribution in [0.4, 0.5) is 0 Å². The zero-order valence-corrected chi connectivity index (χ0v) is 13.3. The van der Waals surface area contributed by atoms with Crippen LogP contribution < -0.4 is 0 Å². The molecule has 0 saturated heterocycles. The monoisotopic (exact) mass is 334 g/mol. The van der Waals surface area contributed by atoms with Crippen molar-refractivity contribution >= 4 is 27.7 Å². The number of carbonyl (C=O) groups excluding carboxylic acids is 2. The maximum absolute atomic E-state index is 8.12. The van der Waals surface area contributed by atoms with Crippen LogP contribution in [-0.2, 0) is 16.0 Å². The first-order valence-electron chi connectivity index (χ1n) is 7.15. The van der Waals surface area contributed by atoms with Crippen molar-refractivity contribution in [2.75, 3.05) is 0 Å². The minimum Gasteiger partial charge on any atom is -0.186 e. The highest BCUT2D eigenvalue weighted by atomic mass is 79.9. The summed E-state index contributed by atoms with van der Waals surface area (Å²) < 4.78 is 1.45. The van der Waals surface area contributed by atoms with E-state index in [1.54, 1.807) is 5.57 Å². The summed E-state index contributed by atoms with van der Waals surface area (Å²) in [6, 6.07) is 6.95. The van der Waals surface area contributed by atoms with Crippen molar-refractivity contribution in [2.45, 2.75) is 45.4 Å². The minimum absolute atomic E-state index is 0.250. The Hall–Kier alpha value is -1.18. The van der Waals surface area contributed by atoms with Crippen LogP contribution in [0.3, 0.4) is 0 Å². The molecule has 0 heterocycles. The quantitative estimate of drug-likeness (QED) is 0.748. The fourth-order valence-corrected chi connectivity index (χ4v) is 4.21. The molecule has 0 N–H and O–H groups in total. The summed E-state index contributed by atoms with van der Waals surface area (Å²) in [7, 11) is 0. The normalized spacial score (nSPS) is 18.1. The number of hydrogen-bond acceptors (Lipinski definition) is 2. The summed E-state index contributed by atoms with van der Waals surface area (Å²) in [4.78, 5) is 16.2. The molecule has 2 aliphatic rings. The highest BCUT2D eigenvalue weighted by Gasteiger charge is 2.27. The molecule has 0 radical (unpaired) electrons. The maximum atomic E-state index is 8.12. The van der Waals surface area contributed by atoms with Gasteiger partial charge in [-0.25, -0.2) is 0 Å². The topological polar surface area (TPSA) is 34.1 Å². The summed E-state index contributed by atoms with van der Waals surface area (Å²) >= 11 is 3.83. The number of hydrogen-bond donors (Lipinski definition) is 0. The molecule has 0 amide bonds. The Balaban J connectivity index is 0.000000452. The molecule has 0 spiro atoms. The molecule has 0 unspecified atom stereocenters. The number of aryl methyl sites for hydroxylation is 1. The van der Waals surface area contributed by atoms with Gasteiger partial charge in [-0.05, 0) is 42.4 Å². The van der Waals surface area contributed by atoms with Crippen molar-refractivity contribution in [3.05, 3.63) is 39.4 Å². The van der Waals surface area contributed by atoms with Crippen molar-refractivity contribution in [3.63, 3.8) is 0 Å². The molecule has 1 aromatic rings. The lowest BCUT2D eigenvalue weighted by atomic mass is 9.82. The molecule has 106 valence electrons. The maximum Gasteiger partial charge on any atom is 0.373 e. The van der Waals surface area contributed by atoms with Crippen molar-refractivity contribution < 1.29 is 9.59 Å². The number of rotatable bonds is 1. The fourth-order valence-electron chi connectivity index (χ4n) is 3.37. The van der Waals surface area contributed by atoms with Gasteiger partial charge in [0.25, 0.3) is 0 Å². The highest BCUT2D eigenvalue weighted by molar-refractivity contribution is 9.11. The van der Waals surface area contributed by atoms with Crippen molar-refractivity contribution in [2.24, 2.45) is 5.92 Å². The van der Waals surface area contributed by atoms with Crippen molar-refractivity contribution in [1.82, 2.24) is 0 Å². The third kappa shape index (κ3) is 3.28. The standard InChI is InChI=1S/C16H19Br.CO2/c1-11-7-8-14-13(9-11)10-15(17)16(14)12-5-3-2-4-6-12;2-1-3/h7-9,12H,2-6,10H2,1H3;. The van der Waals surface area contributed by atoms with Gasteiger partial charge in [0.15, 0.2) is 0 Å². The molecule has 1 saturated carbocycles. The van der Waals surface area contributed by atoms with Crippen LogP contribution in [0.2, 0.25) is 0 Å². The largest absolute Gasteiger partial charge is 0.373 e. The van der Waals surface area contributed by atoms with E-state index < -0.39 is 0 Å². The molecule has 3 rings (SSSR count). The highest BCUT2D eigenvalue weighted by Crippen LogP contribution is 2.45. The Kier molecular flexibility index (Phi) is 5.33. The number of benzene rings is 1. The van der Waals surface area contributed by atoms with Gasteiger partial charge in [0.2, 0.25) is 0 Å². The van der Waals surface area contributed by atoms with Gasteiger partial charge in [-0.3, -0.25) is 0 Å². The molecule has 2 aliphatic carbocycles. The molecule has 1 aromatic carbocycles. The van der Waals surface area contributed by atoms with Crippen molar-refractivity contribution in [1.29, 1.82) is 0 Å². The fraction of sp³-hybridized carbons (Fsp3) is 0.471. The van der Waals surface area contributed by atoms with Gasteiger partial charge in [-0.15, -0.1) is 0 Å². The van der Waals surface area contributed by atoms with Gasteiger partial charge in [-0.1, -0.05) is 59.0 Å². The van der Waals surface area contributed by atoms with E-state index in [9.17, 15) is 0 Å². The Morgan fingerprint density at radius 2 is 1.80 bits per heavy atom. The van der Waals surface area contributed by atoms with Crippen molar-refractivity contribution in [3.8, 4) is 0 Å². The molecule has 0 bridgehead atoms. The second-order valence-corrected chi connectivity index (χ2v) is 6.53. The number of fused-ring (bicyclic) bond motifs is 1. The van der Waals surface area contributed by atoms with E-state index in [0.717, 1.165) is 12.3 Å². The molecular formula is C17H19BrO2. The van der Waals surface area contributed by atoms with Gasteiger partial charge in [0.05, 0.1) is 0 Å². The Bertz CT molecular complexity index is 548. The molecule has 1 fully saturated rings. The smallest absolute Gasteiger partial charge is 0.186 e. The summed E-state index contributed by atoms with van der Waals surface area (Å²) in [5.74, 6) is 0.807. The second-order valence-electron chi connectivity index (χ2n) is 5.57. The van der Waals surface area contributed by atoms with E-state index in [1.165, 1.54) is 53.3 Å². The first kappa shape index (κ1) is 15.2. The van der Waals surface area contributed by atoms with Crippen LogP contribution in [0.25, 0.3) is 5.57 Å². The average molecular weight is 335 g/mol. The zero-order valence-electron chi connectivity index (χ0n) is 11.7.